The fourth-order valence-electron chi connectivity index (χ4n) is 1.87. The van der Waals surface area contributed by atoms with Crippen molar-refractivity contribution in [2.24, 2.45) is 0 Å². The van der Waals surface area contributed by atoms with Gasteiger partial charge in [-0.2, -0.15) is 5.10 Å². The number of hydrogen-bond donors (Lipinski definition) is 1. The van der Waals surface area contributed by atoms with Crippen LogP contribution in [0.2, 0.25) is 0 Å². The Balaban J connectivity index is 1.78. The molecule has 2 rings (SSSR count). The van der Waals surface area contributed by atoms with Gasteiger partial charge in [0.2, 0.25) is 5.91 Å². The van der Waals surface area contributed by atoms with Crippen LogP contribution in [0.15, 0.2) is 12.4 Å². The van der Waals surface area contributed by atoms with Crippen LogP contribution >= 0.6 is 0 Å². The smallest absolute Gasteiger partial charge is 0.224 e. The van der Waals surface area contributed by atoms with E-state index in [0.717, 1.165) is 31.7 Å². The number of piperazine rings is 1. The van der Waals surface area contributed by atoms with E-state index >= 15 is 0 Å². The molecule has 1 aromatic heterocycles. The first-order chi connectivity index (χ1) is 7.75. The number of nitrogens with zero attached hydrogens (tertiary/aromatic N) is 3. The molecule has 1 N–H and O–H groups in total. The number of aromatic nitrogens is 2. The minimum Gasteiger partial charge on any atom is -0.340 e. The van der Waals surface area contributed by atoms with E-state index in [9.17, 15) is 4.79 Å². The molecular weight excluding hydrogens is 204 g/mol. The highest BCUT2D eigenvalue weighted by atomic mass is 16.2. The lowest BCUT2D eigenvalue weighted by molar-refractivity contribution is -0.132. The summed E-state index contributed by atoms with van der Waals surface area (Å²) in [5, 5.41) is 7.40. The van der Waals surface area contributed by atoms with Gasteiger partial charge in [0.25, 0.3) is 0 Å². The zero-order valence-electron chi connectivity index (χ0n) is 9.65. The summed E-state index contributed by atoms with van der Waals surface area (Å²) in [6.07, 6.45) is 4.32. The van der Waals surface area contributed by atoms with E-state index in [0.29, 0.717) is 13.0 Å². The van der Waals surface area contributed by atoms with Crippen molar-refractivity contribution in [2.75, 3.05) is 26.2 Å². The van der Waals surface area contributed by atoms with Crippen LogP contribution in [0.4, 0.5) is 0 Å². The molecule has 0 aromatic carbocycles. The third kappa shape index (κ3) is 2.82. The van der Waals surface area contributed by atoms with E-state index in [-0.39, 0.29) is 5.91 Å². The Hall–Kier alpha value is -1.36. The van der Waals surface area contributed by atoms with Gasteiger partial charge in [-0.1, -0.05) is 0 Å². The molecule has 16 heavy (non-hydrogen) atoms. The summed E-state index contributed by atoms with van der Waals surface area (Å²) in [4.78, 5) is 13.8. The standard InChI is InChI=1S/C11H18N4O/c1-10-8-13-15(9-10)5-2-11(16)14-6-3-12-4-7-14/h8-9,12H,2-7H2,1H3. The van der Waals surface area contributed by atoms with Gasteiger partial charge in [0.05, 0.1) is 6.20 Å². The van der Waals surface area contributed by atoms with Crippen LogP contribution in [0, 0.1) is 6.92 Å². The zero-order chi connectivity index (χ0) is 11.4. The van der Waals surface area contributed by atoms with Gasteiger partial charge >= 0.3 is 0 Å². The number of carbonyl (C=O) groups excluding carboxylic acids is 1. The van der Waals surface area contributed by atoms with Crippen molar-refractivity contribution in [1.29, 1.82) is 0 Å². The minimum absolute atomic E-state index is 0.231. The van der Waals surface area contributed by atoms with Gasteiger partial charge in [0.1, 0.15) is 0 Å². The van der Waals surface area contributed by atoms with Gasteiger partial charge in [-0.3, -0.25) is 9.48 Å². The van der Waals surface area contributed by atoms with E-state index in [1.165, 1.54) is 0 Å². The molecule has 0 radical (unpaired) electrons. The Bertz CT molecular complexity index is 355. The predicted molar refractivity (Wildman–Crippen MR) is 61.0 cm³/mol. The highest BCUT2D eigenvalue weighted by Crippen LogP contribution is 2.00. The van der Waals surface area contributed by atoms with E-state index in [1.807, 2.05) is 28.9 Å². The van der Waals surface area contributed by atoms with Gasteiger partial charge in [-0.25, -0.2) is 0 Å². The van der Waals surface area contributed by atoms with E-state index < -0.39 is 0 Å². The van der Waals surface area contributed by atoms with Crippen molar-refractivity contribution in [1.82, 2.24) is 20.0 Å². The third-order valence-corrected chi connectivity index (χ3v) is 2.79. The van der Waals surface area contributed by atoms with Gasteiger partial charge < -0.3 is 10.2 Å². The van der Waals surface area contributed by atoms with Crippen LogP contribution in [0.25, 0.3) is 0 Å². The molecule has 1 amide bonds. The highest BCUT2D eigenvalue weighted by molar-refractivity contribution is 5.76. The molecule has 5 nitrogen and oxygen atoms in total. The second kappa shape index (κ2) is 5.12. The third-order valence-electron chi connectivity index (χ3n) is 2.79. The molecule has 1 aliphatic heterocycles. The number of carbonyl (C=O) groups is 1. The van der Waals surface area contributed by atoms with Crippen LogP contribution in [0.3, 0.4) is 0 Å². The normalized spacial score (nSPS) is 16.4. The van der Waals surface area contributed by atoms with Gasteiger partial charge in [-0.05, 0) is 12.5 Å². The Labute approximate surface area is 95.4 Å². The van der Waals surface area contributed by atoms with Crippen molar-refractivity contribution >= 4 is 5.91 Å². The van der Waals surface area contributed by atoms with Crippen molar-refractivity contribution in [3.05, 3.63) is 18.0 Å². The molecule has 0 unspecified atom stereocenters. The average Bonchev–Trinajstić information content (AvgIpc) is 2.73. The fraction of sp³-hybridized carbons (Fsp3) is 0.636. The molecule has 1 aliphatic rings. The van der Waals surface area contributed by atoms with Crippen LogP contribution < -0.4 is 5.32 Å². The molecule has 0 saturated carbocycles. The summed E-state index contributed by atoms with van der Waals surface area (Å²) in [5.74, 6) is 0.231. The predicted octanol–water partition coefficient (Wildman–Crippen LogP) is 0.0134. The number of nitrogens with one attached hydrogen (secondary N) is 1. The first-order valence-corrected chi connectivity index (χ1v) is 5.73. The molecule has 5 heteroatoms. The molecule has 0 atom stereocenters. The Morgan fingerprint density at radius 2 is 2.25 bits per heavy atom. The lowest BCUT2D eigenvalue weighted by Gasteiger charge is -2.27. The van der Waals surface area contributed by atoms with Gasteiger partial charge in [-0.15, -0.1) is 0 Å². The van der Waals surface area contributed by atoms with Gasteiger partial charge in [0, 0.05) is 45.3 Å². The SMILES string of the molecule is Cc1cnn(CCC(=O)N2CCNCC2)c1. The first kappa shape index (κ1) is 11.1. The number of hydrogen-bond acceptors (Lipinski definition) is 3. The lowest BCUT2D eigenvalue weighted by atomic mass is 10.3. The van der Waals surface area contributed by atoms with E-state index in [2.05, 4.69) is 10.4 Å². The van der Waals surface area contributed by atoms with Crippen molar-refractivity contribution in [2.45, 2.75) is 19.9 Å². The summed E-state index contributed by atoms with van der Waals surface area (Å²) >= 11 is 0. The number of rotatable bonds is 3. The molecule has 1 fully saturated rings. The van der Waals surface area contributed by atoms with Crippen molar-refractivity contribution in [3.8, 4) is 0 Å². The molecule has 2 heterocycles. The van der Waals surface area contributed by atoms with E-state index in [4.69, 9.17) is 0 Å². The van der Waals surface area contributed by atoms with Crippen molar-refractivity contribution in [3.63, 3.8) is 0 Å². The highest BCUT2D eigenvalue weighted by Gasteiger charge is 2.15. The monoisotopic (exact) mass is 222 g/mol. The van der Waals surface area contributed by atoms with Crippen LogP contribution in [0.1, 0.15) is 12.0 Å². The number of amides is 1. The van der Waals surface area contributed by atoms with Crippen molar-refractivity contribution < 1.29 is 4.79 Å². The summed E-state index contributed by atoms with van der Waals surface area (Å²) in [7, 11) is 0. The van der Waals surface area contributed by atoms with Crippen LogP contribution in [-0.2, 0) is 11.3 Å². The fourth-order valence-corrected chi connectivity index (χ4v) is 1.87. The van der Waals surface area contributed by atoms with Crippen LogP contribution in [-0.4, -0.2) is 46.8 Å². The lowest BCUT2D eigenvalue weighted by Crippen LogP contribution is -2.46. The maximum absolute atomic E-state index is 11.8. The molecular formula is C11H18N4O. The summed E-state index contributed by atoms with van der Waals surface area (Å²) < 4.78 is 1.83. The molecule has 88 valence electrons. The average molecular weight is 222 g/mol. The molecule has 0 bridgehead atoms. The molecule has 0 spiro atoms. The quantitative estimate of drug-likeness (QED) is 0.784. The second-order valence-corrected chi connectivity index (χ2v) is 4.16. The maximum Gasteiger partial charge on any atom is 0.224 e. The largest absolute Gasteiger partial charge is 0.340 e. The van der Waals surface area contributed by atoms with E-state index in [1.54, 1.807) is 0 Å². The summed E-state index contributed by atoms with van der Waals surface area (Å²) in [5.41, 5.74) is 1.13. The Kier molecular flexibility index (Phi) is 3.56. The second-order valence-electron chi connectivity index (χ2n) is 4.16. The first-order valence-electron chi connectivity index (χ1n) is 5.73. The topological polar surface area (TPSA) is 50.2 Å². The minimum atomic E-state index is 0.231. The molecule has 1 aromatic rings. The summed E-state index contributed by atoms with van der Waals surface area (Å²) in [6.45, 7) is 6.16. The molecule has 0 aliphatic carbocycles. The maximum atomic E-state index is 11.8. The van der Waals surface area contributed by atoms with Crippen LogP contribution in [0.5, 0.6) is 0 Å². The Morgan fingerprint density at radius 3 is 2.88 bits per heavy atom. The van der Waals surface area contributed by atoms with Gasteiger partial charge in [0.15, 0.2) is 0 Å². The zero-order valence-corrected chi connectivity index (χ0v) is 9.65. The number of aryl methyl sites for hydroxylation is 2. The Morgan fingerprint density at radius 1 is 1.50 bits per heavy atom. The summed E-state index contributed by atoms with van der Waals surface area (Å²) in [6, 6.07) is 0. The molecule has 1 saturated heterocycles.